The summed E-state index contributed by atoms with van der Waals surface area (Å²) in [5, 5.41) is 15.9. The van der Waals surface area contributed by atoms with Crippen molar-refractivity contribution >= 4 is 17.5 Å². The van der Waals surface area contributed by atoms with E-state index in [4.69, 9.17) is 16.3 Å². The molecule has 3 aromatic carbocycles. The Balaban J connectivity index is 1.52. The number of hydrogen-bond donors (Lipinski definition) is 1. The zero-order chi connectivity index (χ0) is 21.6. The average Bonchev–Trinajstić information content (AvgIpc) is 3.26. The van der Waals surface area contributed by atoms with Crippen LogP contribution in [-0.2, 0) is 11.3 Å². The first-order chi connectivity index (χ1) is 15.1. The van der Waals surface area contributed by atoms with Crippen LogP contribution in [0.5, 0.6) is 5.75 Å². The SMILES string of the molecule is COc1ccc([C@H](NC(=O)Cn2nnc(-c3ccccc3Cl)n2)c2ccccc2)cc1. The summed E-state index contributed by atoms with van der Waals surface area (Å²) in [4.78, 5) is 14.1. The van der Waals surface area contributed by atoms with E-state index in [1.165, 1.54) is 4.80 Å². The number of rotatable bonds is 7. The first-order valence-corrected chi connectivity index (χ1v) is 10.0. The number of ether oxygens (including phenoxy) is 1. The van der Waals surface area contributed by atoms with E-state index >= 15 is 0 Å². The van der Waals surface area contributed by atoms with E-state index in [1.807, 2.05) is 66.7 Å². The summed E-state index contributed by atoms with van der Waals surface area (Å²) in [6, 6.07) is 24.2. The molecule has 156 valence electrons. The zero-order valence-corrected chi connectivity index (χ0v) is 17.5. The van der Waals surface area contributed by atoms with Crippen molar-refractivity contribution in [2.75, 3.05) is 7.11 Å². The molecule has 1 heterocycles. The topological polar surface area (TPSA) is 81.9 Å². The molecule has 7 nitrogen and oxygen atoms in total. The summed E-state index contributed by atoms with van der Waals surface area (Å²) in [7, 11) is 1.62. The minimum absolute atomic E-state index is 0.0725. The molecule has 1 N–H and O–H groups in total. The first kappa shape index (κ1) is 20.6. The Morgan fingerprint density at radius 3 is 2.39 bits per heavy atom. The third-order valence-electron chi connectivity index (χ3n) is 4.74. The third kappa shape index (κ3) is 4.90. The van der Waals surface area contributed by atoms with Crippen LogP contribution in [0.15, 0.2) is 78.9 Å². The lowest BCUT2D eigenvalue weighted by Gasteiger charge is -2.20. The highest BCUT2D eigenvalue weighted by atomic mass is 35.5. The van der Waals surface area contributed by atoms with Crippen LogP contribution in [0.2, 0.25) is 5.02 Å². The van der Waals surface area contributed by atoms with Gasteiger partial charge in [-0.25, -0.2) is 0 Å². The van der Waals surface area contributed by atoms with Crippen LogP contribution in [-0.4, -0.2) is 33.2 Å². The molecule has 0 fully saturated rings. The molecular weight excluding hydrogens is 414 g/mol. The summed E-state index contributed by atoms with van der Waals surface area (Å²) in [5.41, 5.74) is 2.56. The lowest BCUT2D eigenvalue weighted by Crippen LogP contribution is -2.32. The second-order valence-corrected chi connectivity index (χ2v) is 7.21. The number of carbonyl (C=O) groups excluding carboxylic acids is 1. The number of benzene rings is 3. The molecular formula is C23H20ClN5O2. The lowest BCUT2D eigenvalue weighted by molar-refractivity contribution is -0.122. The lowest BCUT2D eigenvalue weighted by atomic mass is 9.98. The van der Waals surface area contributed by atoms with Crippen molar-refractivity contribution in [1.82, 2.24) is 25.5 Å². The van der Waals surface area contributed by atoms with Gasteiger partial charge in [-0.15, -0.1) is 10.2 Å². The standard InChI is InChI=1S/C23H20ClN5O2/c1-31-18-13-11-17(12-14-18)22(16-7-3-2-4-8-16)25-21(30)15-29-27-23(26-28-29)19-9-5-6-10-20(19)24/h2-14,22H,15H2,1H3,(H,25,30)/t22-/m1/s1. The van der Waals surface area contributed by atoms with E-state index in [2.05, 4.69) is 20.7 Å². The van der Waals surface area contributed by atoms with Gasteiger partial charge in [-0.05, 0) is 40.6 Å². The van der Waals surface area contributed by atoms with Crippen LogP contribution in [0.1, 0.15) is 17.2 Å². The third-order valence-corrected chi connectivity index (χ3v) is 5.07. The molecule has 31 heavy (non-hydrogen) atoms. The Morgan fingerprint density at radius 2 is 1.68 bits per heavy atom. The Hall–Kier alpha value is -3.71. The zero-order valence-electron chi connectivity index (χ0n) is 16.8. The first-order valence-electron chi connectivity index (χ1n) is 9.65. The van der Waals surface area contributed by atoms with Crippen molar-refractivity contribution in [3.63, 3.8) is 0 Å². The number of methoxy groups -OCH3 is 1. The van der Waals surface area contributed by atoms with Crippen LogP contribution in [0.4, 0.5) is 0 Å². The fourth-order valence-electron chi connectivity index (χ4n) is 3.20. The Bertz CT molecular complexity index is 1160. The monoisotopic (exact) mass is 433 g/mol. The van der Waals surface area contributed by atoms with Crippen molar-refractivity contribution in [3.05, 3.63) is 95.0 Å². The summed E-state index contributed by atoms with van der Waals surface area (Å²) in [6.07, 6.45) is 0. The minimum Gasteiger partial charge on any atom is -0.497 e. The number of tetrazole rings is 1. The van der Waals surface area contributed by atoms with Crippen LogP contribution < -0.4 is 10.1 Å². The van der Waals surface area contributed by atoms with E-state index in [0.29, 0.717) is 16.4 Å². The smallest absolute Gasteiger partial charge is 0.244 e. The van der Waals surface area contributed by atoms with Gasteiger partial charge in [0, 0.05) is 5.56 Å². The fraction of sp³-hybridized carbons (Fsp3) is 0.130. The van der Waals surface area contributed by atoms with Gasteiger partial charge < -0.3 is 10.1 Å². The molecule has 0 unspecified atom stereocenters. The molecule has 0 saturated carbocycles. The largest absolute Gasteiger partial charge is 0.497 e. The van der Waals surface area contributed by atoms with Gasteiger partial charge in [0.15, 0.2) is 0 Å². The molecule has 0 spiro atoms. The van der Waals surface area contributed by atoms with Gasteiger partial charge in [0.1, 0.15) is 12.3 Å². The average molecular weight is 434 g/mol. The Kier molecular flexibility index (Phi) is 6.24. The molecule has 0 aliphatic carbocycles. The fourth-order valence-corrected chi connectivity index (χ4v) is 3.42. The minimum atomic E-state index is -0.328. The molecule has 1 amide bonds. The number of halogens is 1. The number of aromatic nitrogens is 4. The van der Waals surface area contributed by atoms with E-state index < -0.39 is 0 Å². The highest BCUT2D eigenvalue weighted by molar-refractivity contribution is 6.33. The normalized spacial score (nSPS) is 11.7. The molecule has 0 aliphatic heterocycles. The number of carbonyl (C=O) groups is 1. The molecule has 4 rings (SSSR count). The second-order valence-electron chi connectivity index (χ2n) is 6.81. The number of hydrogen-bond acceptors (Lipinski definition) is 5. The summed E-state index contributed by atoms with van der Waals surface area (Å²) >= 11 is 6.19. The van der Waals surface area contributed by atoms with E-state index in [9.17, 15) is 4.79 Å². The van der Waals surface area contributed by atoms with Gasteiger partial charge in [0.05, 0.1) is 18.2 Å². The van der Waals surface area contributed by atoms with Crippen molar-refractivity contribution in [2.45, 2.75) is 12.6 Å². The van der Waals surface area contributed by atoms with Gasteiger partial charge in [-0.1, -0.05) is 66.2 Å². The highest BCUT2D eigenvalue weighted by Crippen LogP contribution is 2.25. The number of nitrogens with zero attached hydrogens (tertiary/aromatic N) is 4. The molecule has 1 atom stereocenters. The summed E-state index contributed by atoms with van der Waals surface area (Å²) < 4.78 is 5.24. The summed E-state index contributed by atoms with van der Waals surface area (Å²) in [5.74, 6) is 0.877. The van der Waals surface area contributed by atoms with Crippen molar-refractivity contribution in [2.24, 2.45) is 0 Å². The molecule has 4 aromatic rings. The Morgan fingerprint density at radius 1 is 1.00 bits per heavy atom. The maximum atomic E-state index is 12.8. The van der Waals surface area contributed by atoms with Crippen molar-refractivity contribution in [1.29, 1.82) is 0 Å². The molecule has 0 bridgehead atoms. The van der Waals surface area contributed by atoms with Crippen molar-refractivity contribution < 1.29 is 9.53 Å². The van der Waals surface area contributed by atoms with E-state index in [-0.39, 0.29) is 18.5 Å². The quantitative estimate of drug-likeness (QED) is 0.478. The van der Waals surface area contributed by atoms with Crippen molar-refractivity contribution in [3.8, 4) is 17.1 Å². The van der Waals surface area contributed by atoms with Crippen LogP contribution in [0, 0.1) is 0 Å². The van der Waals surface area contributed by atoms with Gasteiger partial charge in [-0.3, -0.25) is 4.79 Å². The maximum Gasteiger partial charge on any atom is 0.244 e. The van der Waals surface area contributed by atoms with Gasteiger partial charge in [0.25, 0.3) is 0 Å². The molecule has 0 aliphatic rings. The van der Waals surface area contributed by atoms with E-state index in [0.717, 1.165) is 16.9 Å². The predicted molar refractivity (Wildman–Crippen MR) is 118 cm³/mol. The van der Waals surface area contributed by atoms with E-state index in [1.54, 1.807) is 19.2 Å². The molecule has 0 radical (unpaired) electrons. The van der Waals surface area contributed by atoms with Gasteiger partial charge >= 0.3 is 0 Å². The predicted octanol–water partition coefficient (Wildman–Crippen LogP) is 3.91. The maximum absolute atomic E-state index is 12.8. The van der Waals surface area contributed by atoms with Gasteiger partial charge in [0.2, 0.25) is 11.7 Å². The Labute approximate surface area is 184 Å². The number of nitrogens with one attached hydrogen (secondary N) is 1. The summed E-state index contributed by atoms with van der Waals surface area (Å²) in [6.45, 7) is -0.0725. The molecule has 0 saturated heterocycles. The van der Waals surface area contributed by atoms with Crippen LogP contribution in [0.3, 0.4) is 0 Å². The highest BCUT2D eigenvalue weighted by Gasteiger charge is 2.18. The molecule has 1 aromatic heterocycles. The van der Waals surface area contributed by atoms with Gasteiger partial charge in [-0.2, -0.15) is 4.80 Å². The molecule has 8 heteroatoms. The second kappa shape index (κ2) is 9.40. The van der Waals surface area contributed by atoms with Crippen LogP contribution in [0.25, 0.3) is 11.4 Å². The number of amides is 1. The van der Waals surface area contributed by atoms with Crippen LogP contribution >= 0.6 is 11.6 Å².